The van der Waals surface area contributed by atoms with Crippen LogP contribution in [0.15, 0.2) is 41.8 Å². The highest BCUT2D eigenvalue weighted by molar-refractivity contribution is 7.09. The van der Waals surface area contributed by atoms with Crippen LogP contribution >= 0.6 is 11.3 Å². The second kappa shape index (κ2) is 8.61. The summed E-state index contributed by atoms with van der Waals surface area (Å²) >= 11 is 1.81. The largest absolute Gasteiger partial charge is 0.348 e. The quantitative estimate of drug-likeness (QED) is 0.863. The first-order valence-corrected chi connectivity index (χ1v) is 9.82. The molecule has 1 aliphatic rings. The van der Waals surface area contributed by atoms with E-state index in [0.717, 1.165) is 32.7 Å². The molecule has 3 rings (SSSR count). The minimum Gasteiger partial charge on any atom is -0.348 e. The third-order valence-electron chi connectivity index (χ3n) is 4.82. The molecule has 1 saturated heterocycles. The van der Waals surface area contributed by atoms with Gasteiger partial charge in [-0.05, 0) is 36.4 Å². The molecule has 1 amide bonds. The molecule has 134 valence electrons. The smallest absolute Gasteiger partial charge is 0.234 e. The van der Waals surface area contributed by atoms with E-state index in [9.17, 15) is 4.79 Å². The number of piperazine rings is 1. The van der Waals surface area contributed by atoms with E-state index in [-0.39, 0.29) is 11.9 Å². The maximum atomic E-state index is 12.4. The van der Waals surface area contributed by atoms with Crippen LogP contribution in [0.5, 0.6) is 0 Å². The van der Waals surface area contributed by atoms with Crippen LogP contribution < -0.4 is 5.32 Å². The summed E-state index contributed by atoms with van der Waals surface area (Å²) in [7, 11) is 0. The number of amides is 1. The van der Waals surface area contributed by atoms with Crippen LogP contribution in [0, 0.1) is 6.92 Å². The summed E-state index contributed by atoms with van der Waals surface area (Å²) < 4.78 is 0. The summed E-state index contributed by atoms with van der Waals surface area (Å²) in [5.74, 6) is 0.113. The minimum absolute atomic E-state index is 0.0498. The van der Waals surface area contributed by atoms with Crippen LogP contribution in [0.4, 0.5) is 0 Å². The van der Waals surface area contributed by atoms with E-state index in [1.165, 1.54) is 16.0 Å². The number of thiophene rings is 1. The molecule has 2 aromatic rings. The van der Waals surface area contributed by atoms with Crippen molar-refractivity contribution in [3.63, 3.8) is 0 Å². The lowest BCUT2D eigenvalue weighted by molar-refractivity contribution is -0.123. The molecule has 0 spiro atoms. The number of carbonyl (C=O) groups is 1. The van der Waals surface area contributed by atoms with E-state index in [2.05, 4.69) is 58.6 Å². The highest BCUT2D eigenvalue weighted by Gasteiger charge is 2.20. The topological polar surface area (TPSA) is 35.6 Å². The van der Waals surface area contributed by atoms with Gasteiger partial charge in [0.2, 0.25) is 5.91 Å². The van der Waals surface area contributed by atoms with Gasteiger partial charge in [0.1, 0.15) is 0 Å². The van der Waals surface area contributed by atoms with Gasteiger partial charge in [-0.3, -0.25) is 14.6 Å². The number of hydrogen-bond donors (Lipinski definition) is 1. The average Bonchev–Trinajstić information content (AvgIpc) is 3.10. The maximum Gasteiger partial charge on any atom is 0.234 e. The summed E-state index contributed by atoms with van der Waals surface area (Å²) in [5, 5.41) is 5.27. The van der Waals surface area contributed by atoms with Crippen LogP contribution in [-0.2, 0) is 11.3 Å². The molecular formula is C20H27N3OS. The first-order chi connectivity index (χ1) is 12.1. The molecule has 4 nitrogen and oxygen atoms in total. The Morgan fingerprint density at radius 2 is 1.84 bits per heavy atom. The van der Waals surface area contributed by atoms with Gasteiger partial charge in [-0.2, -0.15) is 0 Å². The van der Waals surface area contributed by atoms with E-state index in [1.54, 1.807) is 0 Å². The second-order valence-electron chi connectivity index (χ2n) is 6.78. The Hall–Kier alpha value is -1.69. The second-order valence-corrected chi connectivity index (χ2v) is 7.81. The average molecular weight is 358 g/mol. The Morgan fingerprint density at radius 1 is 1.12 bits per heavy atom. The molecule has 1 aliphatic heterocycles. The van der Waals surface area contributed by atoms with Crippen LogP contribution in [0.2, 0.25) is 0 Å². The fourth-order valence-corrected chi connectivity index (χ4v) is 4.12. The minimum atomic E-state index is 0.0498. The van der Waals surface area contributed by atoms with Crippen molar-refractivity contribution in [1.82, 2.24) is 15.1 Å². The lowest BCUT2D eigenvalue weighted by atomic mass is 10.0. The molecule has 1 aromatic carbocycles. The van der Waals surface area contributed by atoms with Gasteiger partial charge in [0.05, 0.1) is 12.6 Å². The Bertz CT molecular complexity index is 678. The van der Waals surface area contributed by atoms with E-state index in [1.807, 2.05) is 23.5 Å². The SMILES string of the molecule is Cc1ccccc1C(C)NC(=O)CN1CCN(Cc2cccs2)CC1. The number of benzene rings is 1. The zero-order chi connectivity index (χ0) is 17.6. The van der Waals surface area contributed by atoms with Crippen molar-refractivity contribution in [3.05, 3.63) is 57.8 Å². The molecule has 0 bridgehead atoms. The number of carbonyl (C=O) groups excluding carboxylic acids is 1. The highest BCUT2D eigenvalue weighted by atomic mass is 32.1. The standard InChI is InChI=1S/C20H27N3OS/c1-16-6-3-4-8-19(16)17(2)21-20(24)15-23-11-9-22(10-12-23)14-18-7-5-13-25-18/h3-8,13,17H,9-12,14-15H2,1-2H3,(H,21,24). The van der Waals surface area contributed by atoms with Crippen LogP contribution in [0.1, 0.15) is 29.0 Å². The van der Waals surface area contributed by atoms with Gasteiger partial charge in [-0.25, -0.2) is 0 Å². The lowest BCUT2D eigenvalue weighted by Gasteiger charge is -2.34. The van der Waals surface area contributed by atoms with E-state index in [4.69, 9.17) is 0 Å². The van der Waals surface area contributed by atoms with E-state index >= 15 is 0 Å². The van der Waals surface area contributed by atoms with Gasteiger partial charge >= 0.3 is 0 Å². The maximum absolute atomic E-state index is 12.4. The zero-order valence-corrected chi connectivity index (χ0v) is 15.9. The van der Waals surface area contributed by atoms with E-state index < -0.39 is 0 Å². The molecule has 1 atom stereocenters. The Balaban J connectivity index is 1.42. The molecule has 1 fully saturated rings. The number of aryl methyl sites for hydroxylation is 1. The zero-order valence-electron chi connectivity index (χ0n) is 15.1. The fourth-order valence-electron chi connectivity index (χ4n) is 3.37. The van der Waals surface area contributed by atoms with Crippen molar-refractivity contribution < 1.29 is 4.79 Å². The molecule has 1 unspecified atom stereocenters. The van der Waals surface area contributed by atoms with Gasteiger partial charge < -0.3 is 5.32 Å². The first kappa shape index (κ1) is 18.1. The van der Waals surface area contributed by atoms with Gasteiger partial charge in [-0.1, -0.05) is 30.3 Å². The third-order valence-corrected chi connectivity index (χ3v) is 5.69. The Kier molecular flexibility index (Phi) is 6.24. The Labute approximate surface area is 154 Å². The molecule has 0 saturated carbocycles. The monoisotopic (exact) mass is 357 g/mol. The number of rotatable bonds is 6. The third kappa shape index (κ3) is 5.14. The lowest BCUT2D eigenvalue weighted by Crippen LogP contribution is -2.49. The van der Waals surface area contributed by atoms with Crippen LogP contribution in [0.3, 0.4) is 0 Å². The van der Waals surface area contributed by atoms with Crippen molar-refractivity contribution >= 4 is 17.2 Å². The Morgan fingerprint density at radius 3 is 2.52 bits per heavy atom. The number of nitrogens with one attached hydrogen (secondary N) is 1. The molecule has 0 radical (unpaired) electrons. The summed E-state index contributed by atoms with van der Waals surface area (Å²) in [6.45, 7) is 9.63. The predicted molar refractivity (Wildman–Crippen MR) is 104 cm³/mol. The predicted octanol–water partition coefficient (Wildman–Crippen LogP) is 3.05. The van der Waals surface area contributed by atoms with Crippen molar-refractivity contribution in [2.75, 3.05) is 32.7 Å². The van der Waals surface area contributed by atoms with Gasteiger partial charge in [0, 0.05) is 37.6 Å². The highest BCUT2D eigenvalue weighted by Crippen LogP contribution is 2.17. The molecule has 25 heavy (non-hydrogen) atoms. The molecule has 5 heteroatoms. The number of nitrogens with zero attached hydrogens (tertiary/aromatic N) is 2. The molecule has 1 N–H and O–H groups in total. The summed E-state index contributed by atoms with van der Waals surface area (Å²) in [6.07, 6.45) is 0. The van der Waals surface area contributed by atoms with Gasteiger partial charge in [0.25, 0.3) is 0 Å². The van der Waals surface area contributed by atoms with Gasteiger partial charge in [0.15, 0.2) is 0 Å². The normalized spacial score (nSPS) is 17.4. The van der Waals surface area contributed by atoms with Crippen LogP contribution in [0.25, 0.3) is 0 Å². The van der Waals surface area contributed by atoms with E-state index in [0.29, 0.717) is 6.54 Å². The molecular weight excluding hydrogens is 330 g/mol. The van der Waals surface area contributed by atoms with Crippen molar-refractivity contribution in [3.8, 4) is 0 Å². The van der Waals surface area contributed by atoms with Crippen molar-refractivity contribution in [2.45, 2.75) is 26.4 Å². The summed E-state index contributed by atoms with van der Waals surface area (Å²) in [6, 6.07) is 12.6. The van der Waals surface area contributed by atoms with Crippen molar-refractivity contribution in [1.29, 1.82) is 0 Å². The van der Waals surface area contributed by atoms with Crippen LogP contribution in [-0.4, -0.2) is 48.4 Å². The summed E-state index contributed by atoms with van der Waals surface area (Å²) in [4.78, 5) is 18.5. The van der Waals surface area contributed by atoms with Gasteiger partial charge in [-0.15, -0.1) is 11.3 Å². The molecule has 1 aromatic heterocycles. The summed E-state index contributed by atoms with van der Waals surface area (Å²) in [5.41, 5.74) is 2.41. The van der Waals surface area contributed by atoms with Crippen molar-refractivity contribution in [2.24, 2.45) is 0 Å². The number of hydrogen-bond acceptors (Lipinski definition) is 4. The fraction of sp³-hybridized carbons (Fsp3) is 0.450. The molecule has 0 aliphatic carbocycles. The first-order valence-electron chi connectivity index (χ1n) is 8.94. The molecule has 2 heterocycles.